The van der Waals surface area contributed by atoms with Crippen LogP contribution in [0, 0.1) is 5.41 Å². The van der Waals surface area contributed by atoms with Gasteiger partial charge in [0.1, 0.15) is 11.4 Å². The highest BCUT2D eigenvalue weighted by Crippen LogP contribution is 2.21. The number of nitrogens with zero attached hydrogens (tertiary/aromatic N) is 2. The number of hydrogen-bond acceptors (Lipinski definition) is 6. The van der Waals surface area contributed by atoms with Crippen LogP contribution in [-0.4, -0.2) is 49.6 Å². The Hall–Kier alpha value is -1.82. The fourth-order valence-corrected chi connectivity index (χ4v) is 2.22. The van der Waals surface area contributed by atoms with Crippen molar-refractivity contribution in [2.45, 2.75) is 20.8 Å². The van der Waals surface area contributed by atoms with Gasteiger partial charge in [0.25, 0.3) is 0 Å². The third-order valence-corrected chi connectivity index (χ3v) is 2.88. The molecule has 3 N–H and O–H groups in total. The number of rotatable bonds is 7. The molecule has 1 rings (SSSR count). The second-order valence-electron chi connectivity index (χ2n) is 6.14. The predicted octanol–water partition coefficient (Wildman–Crippen LogP) is 1.84. The van der Waals surface area contributed by atoms with Gasteiger partial charge in [0, 0.05) is 13.1 Å². The van der Waals surface area contributed by atoms with E-state index in [1.54, 1.807) is 13.0 Å². The van der Waals surface area contributed by atoms with Crippen LogP contribution in [0.1, 0.15) is 31.1 Å². The highest BCUT2D eigenvalue weighted by atomic mass is 16.5. The van der Waals surface area contributed by atoms with Crippen molar-refractivity contribution in [2.75, 3.05) is 44.8 Å². The van der Waals surface area contributed by atoms with Gasteiger partial charge in [-0.25, -0.2) is 9.78 Å². The molecule has 0 aliphatic carbocycles. The molecule has 0 unspecified atom stereocenters. The largest absolute Gasteiger partial charge is 0.462 e. The summed E-state index contributed by atoms with van der Waals surface area (Å²) < 4.78 is 5.04. The molecule has 0 amide bonds. The van der Waals surface area contributed by atoms with Gasteiger partial charge in [-0.2, -0.15) is 0 Å². The van der Waals surface area contributed by atoms with Gasteiger partial charge in [-0.05, 0) is 32.5 Å². The molecule has 6 nitrogen and oxygen atoms in total. The van der Waals surface area contributed by atoms with Gasteiger partial charge in [0.2, 0.25) is 0 Å². The summed E-state index contributed by atoms with van der Waals surface area (Å²) >= 11 is 0. The molecule has 0 bridgehead atoms. The maximum atomic E-state index is 12.0. The zero-order valence-electron chi connectivity index (χ0n) is 13.6. The van der Waals surface area contributed by atoms with Crippen molar-refractivity contribution in [1.29, 1.82) is 0 Å². The van der Waals surface area contributed by atoms with E-state index in [-0.39, 0.29) is 5.41 Å². The van der Waals surface area contributed by atoms with Gasteiger partial charge in [-0.3, -0.25) is 0 Å². The normalized spacial score (nSPS) is 11.5. The lowest BCUT2D eigenvalue weighted by Crippen LogP contribution is -2.34. The standard InChI is InChI=1S/C15H26N4O2/c1-6-21-14(20)12-7-11(16)8-17-13(12)18-9-15(2,3)10-19(4)5/h7-8H,6,9-10,16H2,1-5H3,(H,17,18). The summed E-state index contributed by atoms with van der Waals surface area (Å²) in [6.07, 6.45) is 1.53. The summed E-state index contributed by atoms with van der Waals surface area (Å²) in [6, 6.07) is 1.59. The Morgan fingerprint density at radius 1 is 1.48 bits per heavy atom. The van der Waals surface area contributed by atoms with E-state index in [1.807, 2.05) is 14.1 Å². The van der Waals surface area contributed by atoms with Crippen LogP contribution >= 0.6 is 0 Å². The minimum Gasteiger partial charge on any atom is -0.462 e. The van der Waals surface area contributed by atoms with Crippen LogP contribution < -0.4 is 11.1 Å². The van der Waals surface area contributed by atoms with Crippen molar-refractivity contribution in [1.82, 2.24) is 9.88 Å². The van der Waals surface area contributed by atoms with Gasteiger partial charge >= 0.3 is 5.97 Å². The number of esters is 1. The van der Waals surface area contributed by atoms with E-state index in [0.717, 1.165) is 6.54 Å². The molecule has 0 radical (unpaired) electrons. The molecule has 0 aliphatic rings. The summed E-state index contributed by atoms with van der Waals surface area (Å²) in [5.41, 5.74) is 6.56. The van der Waals surface area contributed by atoms with Gasteiger partial charge in [-0.15, -0.1) is 0 Å². The van der Waals surface area contributed by atoms with Gasteiger partial charge in [-0.1, -0.05) is 13.8 Å². The second kappa shape index (κ2) is 7.26. The van der Waals surface area contributed by atoms with Crippen molar-refractivity contribution in [3.8, 4) is 0 Å². The van der Waals surface area contributed by atoms with Crippen LogP contribution in [0.2, 0.25) is 0 Å². The molecule has 1 aromatic heterocycles. The van der Waals surface area contributed by atoms with E-state index in [9.17, 15) is 4.79 Å². The van der Waals surface area contributed by atoms with Gasteiger partial charge < -0.3 is 20.7 Å². The van der Waals surface area contributed by atoms with Gasteiger partial charge in [0.15, 0.2) is 0 Å². The Morgan fingerprint density at radius 3 is 2.71 bits per heavy atom. The number of anilines is 2. The minimum absolute atomic E-state index is 0.0402. The molecular formula is C15H26N4O2. The maximum absolute atomic E-state index is 12.0. The van der Waals surface area contributed by atoms with E-state index >= 15 is 0 Å². The molecule has 0 spiro atoms. The number of pyridine rings is 1. The summed E-state index contributed by atoms with van der Waals surface area (Å²) in [5, 5.41) is 3.23. The number of nitrogens with one attached hydrogen (secondary N) is 1. The number of nitrogen functional groups attached to an aromatic ring is 1. The number of aromatic nitrogens is 1. The molecule has 0 saturated heterocycles. The number of ether oxygens (including phenoxy) is 1. The van der Waals surface area contributed by atoms with Crippen molar-refractivity contribution in [3.63, 3.8) is 0 Å². The molecule has 1 heterocycles. The first-order chi connectivity index (χ1) is 9.75. The van der Waals surface area contributed by atoms with Crippen molar-refractivity contribution >= 4 is 17.5 Å². The minimum atomic E-state index is -0.412. The smallest absolute Gasteiger partial charge is 0.341 e. The molecule has 0 aromatic carbocycles. The van der Waals surface area contributed by atoms with Crippen molar-refractivity contribution in [2.24, 2.45) is 5.41 Å². The van der Waals surface area contributed by atoms with E-state index in [1.165, 1.54) is 6.20 Å². The molecule has 6 heteroatoms. The second-order valence-corrected chi connectivity index (χ2v) is 6.14. The number of carbonyl (C=O) groups excluding carboxylic acids is 1. The topological polar surface area (TPSA) is 80.5 Å². The third-order valence-electron chi connectivity index (χ3n) is 2.88. The fourth-order valence-electron chi connectivity index (χ4n) is 2.22. The Bertz CT molecular complexity index is 487. The van der Waals surface area contributed by atoms with Crippen LogP contribution in [0.4, 0.5) is 11.5 Å². The third kappa shape index (κ3) is 5.59. The average Bonchev–Trinajstić information content (AvgIpc) is 2.36. The maximum Gasteiger partial charge on any atom is 0.341 e. The monoisotopic (exact) mass is 294 g/mol. The fraction of sp³-hybridized carbons (Fsp3) is 0.600. The molecule has 0 fully saturated rings. The lowest BCUT2D eigenvalue weighted by molar-refractivity contribution is 0.0527. The molecule has 1 aromatic rings. The Morgan fingerprint density at radius 2 is 2.14 bits per heavy atom. The summed E-state index contributed by atoms with van der Waals surface area (Å²) in [7, 11) is 4.07. The Kier molecular flexibility index (Phi) is 5.96. The highest BCUT2D eigenvalue weighted by molar-refractivity contribution is 5.95. The lowest BCUT2D eigenvalue weighted by Gasteiger charge is -2.29. The molecule has 118 valence electrons. The first-order valence-corrected chi connectivity index (χ1v) is 7.06. The highest BCUT2D eigenvalue weighted by Gasteiger charge is 2.21. The van der Waals surface area contributed by atoms with Crippen LogP contribution in [0.25, 0.3) is 0 Å². The van der Waals surface area contributed by atoms with Crippen LogP contribution in [-0.2, 0) is 4.74 Å². The van der Waals surface area contributed by atoms with Crippen LogP contribution in [0.5, 0.6) is 0 Å². The van der Waals surface area contributed by atoms with Crippen molar-refractivity contribution in [3.05, 3.63) is 17.8 Å². The molecule has 0 saturated carbocycles. The van der Waals surface area contributed by atoms with Crippen LogP contribution in [0.3, 0.4) is 0 Å². The zero-order valence-corrected chi connectivity index (χ0v) is 13.6. The first kappa shape index (κ1) is 17.2. The first-order valence-electron chi connectivity index (χ1n) is 7.06. The van der Waals surface area contributed by atoms with Crippen molar-refractivity contribution < 1.29 is 9.53 Å². The summed E-state index contributed by atoms with van der Waals surface area (Å²) in [4.78, 5) is 18.3. The average molecular weight is 294 g/mol. The quantitative estimate of drug-likeness (QED) is 0.747. The number of nitrogens with two attached hydrogens (primary N) is 1. The van der Waals surface area contributed by atoms with E-state index in [4.69, 9.17) is 10.5 Å². The molecule has 0 atom stereocenters. The zero-order chi connectivity index (χ0) is 16.0. The number of carbonyl (C=O) groups is 1. The Balaban J connectivity index is 2.85. The Labute approximate surface area is 126 Å². The summed E-state index contributed by atoms with van der Waals surface area (Å²) in [5.74, 6) is 0.0969. The molecule has 0 aliphatic heterocycles. The van der Waals surface area contributed by atoms with E-state index in [2.05, 4.69) is 29.0 Å². The molecular weight excluding hydrogens is 268 g/mol. The van der Waals surface area contributed by atoms with Crippen LogP contribution in [0.15, 0.2) is 12.3 Å². The van der Waals surface area contributed by atoms with Gasteiger partial charge in [0.05, 0.1) is 18.5 Å². The lowest BCUT2D eigenvalue weighted by atomic mass is 9.93. The number of hydrogen-bond donors (Lipinski definition) is 2. The summed E-state index contributed by atoms with van der Waals surface area (Å²) in [6.45, 7) is 8.00. The van der Waals surface area contributed by atoms with E-state index < -0.39 is 5.97 Å². The van der Waals surface area contributed by atoms with E-state index in [0.29, 0.717) is 30.2 Å². The molecule has 21 heavy (non-hydrogen) atoms. The predicted molar refractivity (Wildman–Crippen MR) is 85.4 cm³/mol. The SMILES string of the molecule is CCOC(=O)c1cc(N)cnc1NCC(C)(C)CN(C)C.